The summed E-state index contributed by atoms with van der Waals surface area (Å²) >= 11 is 0. The van der Waals surface area contributed by atoms with Crippen molar-refractivity contribution in [3.05, 3.63) is 149 Å². The topological polar surface area (TPSA) is 61.5 Å². The van der Waals surface area contributed by atoms with E-state index in [1.54, 1.807) is 0 Å². The Morgan fingerprint density at radius 2 is 1.34 bits per heavy atom. The number of aliphatic imine (C=N–C) groups is 1. The Hall–Kier alpha value is -5.75. The lowest BCUT2D eigenvalue weighted by Gasteiger charge is -2.20. The fourth-order valence-electron chi connectivity index (χ4n) is 8.15. The van der Waals surface area contributed by atoms with Crippen molar-refractivity contribution in [1.82, 2.24) is 14.5 Å². The van der Waals surface area contributed by atoms with Crippen LogP contribution in [-0.2, 0) is 27.4 Å². The van der Waals surface area contributed by atoms with Gasteiger partial charge in [-0.25, -0.2) is 9.98 Å². The average molecular weight is 739 g/mol. The summed E-state index contributed by atoms with van der Waals surface area (Å²) in [6.07, 6.45) is 4.57. The van der Waals surface area contributed by atoms with Gasteiger partial charge in [-0.2, -0.15) is 0 Å². The van der Waals surface area contributed by atoms with Gasteiger partial charge < -0.3 is 9.47 Å². The normalized spacial score (nSPS) is 16.8. The maximum absolute atomic E-state index is 6.81. The monoisotopic (exact) mass is 738 g/mol. The number of nitrogens with zero attached hydrogens (tertiary/aromatic N) is 4. The van der Waals surface area contributed by atoms with Gasteiger partial charge in [0.05, 0.1) is 16.7 Å². The summed E-state index contributed by atoms with van der Waals surface area (Å²) in [5.74, 6) is 2.94. The smallest absolute Gasteiger partial charge is 0.217 e. The van der Waals surface area contributed by atoms with Gasteiger partial charge in [-0.1, -0.05) is 92.6 Å². The Kier molecular flexibility index (Phi) is 8.28. The predicted molar refractivity (Wildman–Crippen MR) is 229 cm³/mol. The Labute approximate surface area is 330 Å². The highest BCUT2D eigenvalue weighted by molar-refractivity contribution is 6.10. The quantitative estimate of drug-likeness (QED) is 0.176. The lowest BCUT2D eigenvalue weighted by molar-refractivity contribution is 0.206. The molecule has 6 heteroatoms. The van der Waals surface area contributed by atoms with Crippen LogP contribution in [0.4, 0.5) is 0 Å². The molecule has 4 heterocycles. The van der Waals surface area contributed by atoms with Gasteiger partial charge in [-0.05, 0) is 111 Å². The second-order valence-electron chi connectivity index (χ2n) is 18.6. The van der Waals surface area contributed by atoms with Crippen LogP contribution in [0.25, 0.3) is 38.9 Å². The molecule has 56 heavy (non-hydrogen) atoms. The van der Waals surface area contributed by atoms with E-state index in [9.17, 15) is 0 Å². The maximum atomic E-state index is 6.81. The molecule has 0 bridgehead atoms. The fourth-order valence-corrected chi connectivity index (χ4v) is 8.15. The number of rotatable bonds is 5. The fraction of sp³-hybridized carbons (Fsp3) is 0.300. The lowest BCUT2D eigenvalue weighted by atomic mass is 9.85. The van der Waals surface area contributed by atoms with Crippen LogP contribution in [0, 0.1) is 0 Å². The minimum atomic E-state index is -0.0228. The molecular formula is C50H50N4O2. The molecule has 0 unspecified atom stereocenters. The van der Waals surface area contributed by atoms with Gasteiger partial charge in [-0.15, -0.1) is 0 Å². The highest BCUT2D eigenvalue weighted by atomic mass is 16.5. The number of fused-ring (bicyclic) bond motifs is 6. The zero-order valence-electron chi connectivity index (χ0n) is 33.9. The molecule has 1 aliphatic carbocycles. The van der Waals surface area contributed by atoms with E-state index in [0.29, 0.717) is 11.6 Å². The molecule has 282 valence electrons. The highest BCUT2D eigenvalue weighted by Gasteiger charge is 2.40. The molecule has 7 aromatic rings. The van der Waals surface area contributed by atoms with Gasteiger partial charge in [0, 0.05) is 46.8 Å². The molecule has 1 aliphatic heterocycles. The standard InChI is InChI=1S/C50H50N4O2/c1-48(2,3)33-13-16-38-30(23-33)26-44-46(38)53-47(56-44)32-22-31(41-12-10-11-20-51-41)24-37(25-32)55-36-15-17-39-40-27-34(49(4,5)6)14-18-42(40)54(43(39)29-36)45-28-35(19-21-52-45)50(7,8)9/h10-25,27-29,44,46H,26H2,1-9H3/t44-,46+/m0/s1. The molecule has 0 fully saturated rings. The van der Waals surface area contributed by atoms with Gasteiger partial charge in [0.25, 0.3) is 0 Å². The second kappa shape index (κ2) is 12.9. The summed E-state index contributed by atoms with van der Waals surface area (Å²) in [5, 5.41) is 2.35. The van der Waals surface area contributed by atoms with Crippen molar-refractivity contribution in [2.24, 2.45) is 4.99 Å². The third kappa shape index (κ3) is 6.45. The molecule has 6 nitrogen and oxygen atoms in total. The number of pyridine rings is 2. The molecular weight excluding hydrogens is 689 g/mol. The molecule has 2 aliphatic rings. The van der Waals surface area contributed by atoms with E-state index in [0.717, 1.165) is 51.2 Å². The second-order valence-corrected chi connectivity index (χ2v) is 18.6. The van der Waals surface area contributed by atoms with Crippen molar-refractivity contribution in [3.63, 3.8) is 0 Å². The molecule has 0 spiro atoms. The van der Waals surface area contributed by atoms with E-state index in [1.165, 1.54) is 33.2 Å². The van der Waals surface area contributed by atoms with Crippen LogP contribution in [0.1, 0.15) is 102 Å². The summed E-state index contributed by atoms with van der Waals surface area (Å²) < 4.78 is 15.8. The van der Waals surface area contributed by atoms with E-state index < -0.39 is 0 Å². The molecule has 2 atom stereocenters. The minimum Gasteiger partial charge on any atom is -0.471 e. The van der Waals surface area contributed by atoms with Crippen LogP contribution in [-0.4, -0.2) is 26.5 Å². The van der Waals surface area contributed by atoms with E-state index >= 15 is 0 Å². The number of benzene rings is 4. The largest absolute Gasteiger partial charge is 0.471 e. The van der Waals surface area contributed by atoms with Gasteiger partial charge in [0.1, 0.15) is 29.5 Å². The summed E-state index contributed by atoms with van der Waals surface area (Å²) in [6, 6.07) is 36.5. The van der Waals surface area contributed by atoms with E-state index in [-0.39, 0.29) is 28.4 Å². The van der Waals surface area contributed by atoms with Gasteiger partial charge in [0.15, 0.2) is 0 Å². The summed E-state index contributed by atoms with van der Waals surface area (Å²) in [4.78, 5) is 14.8. The third-order valence-corrected chi connectivity index (χ3v) is 11.4. The van der Waals surface area contributed by atoms with E-state index in [4.69, 9.17) is 24.4 Å². The lowest BCUT2D eigenvalue weighted by Crippen LogP contribution is -2.14. The van der Waals surface area contributed by atoms with Crippen LogP contribution >= 0.6 is 0 Å². The first kappa shape index (κ1) is 35.9. The van der Waals surface area contributed by atoms with Crippen molar-refractivity contribution >= 4 is 27.7 Å². The SMILES string of the molecule is CC(C)(C)c1ccnc(-n2c3ccc(C(C)(C)C)cc3c3ccc(Oc4cc(C5=N[C@@H]6c7ccc(C(C)(C)C)cc7C[C@@H]6O5)cc(-c5ccccn5)c4)cc32)c1. The van der Waals surface area contributed by atoms with Crippen LogP contribution in [0.5, 0.6) is 11.5 Å². The zero-order chi connectivity index (χ0) is 39.1. The molecule has 0 amide bonds. The molecule has 0 radical (unpaired) electrons. The number of hydrogen-bond acceptors (Lipinski definition) is 5. The summed E-state index contributed by atoms with van der Waals surface area (Å²) in [6.45, 7) is 20.3. The highest BCUT2D eigenvalue weighted by Crippen LogP contribution is 2.44. The summed E-state index contributed by atoms with van der Waals surface area (Å²) in [7, 11) is 0. The van der Waals surface area contributed by atoms with Crippen LogP contribution < -0.4 is 4.74 Å². The van der Waals surface area contributed by atoms with Gasteiger partial charge in [-0.3, -0.25) is 9.55 Å². The Morgan fingerprint density at radius 1 is 0.607 bits per heavy atom. The first-order valence-electron chi connectivity index (χ1n) is 19.8. The zero-order valence-corrected chi connectivity index (χ0v) is 33.9. The first-order valence-corrected chi connectivity index (χ1v) is 19.8. The predicted octanol–water partition coefficient (Wildman–Crippen LogP) is 12.4. The van der Waals surface area contributed by atoms with Crippen molar-refractivity contribution in [3.8, 4) is 28.6 Å². The Bertz CT molecular complexity index is 2690. The van der Waals surface area contributed by atoms with Crippen LogP contribution in [0.2, 0.25) is 0 Å². The minimum absolute atomic E-state index is 0.0115. The third-order valence-electron chi connectivity index (χ3n) is 11.4. The van der Waals surface area contributed by atoms with Crippen LogP contribution in [0.15, 0.2) is 121 Å². The average Bonchev–Trinajstić information content (AvgIpc) is 3.83. The molecule has 0 N–H and O–H groups in total. The molecule has 4 aromatic carbocycles. The molecule has 3 aromatic heterocycles. The van der Waals surface area contributed by atoms with E-state index in [2.05, 4.69) is 146 Å². The van der Waals surface area contributed by atoms with Crippen molar-refractivity contribution in [2.75, 3.05) is 0 Å². The summed E-state index contributed by atoms with van der Waals surface area (Å²) in [5.41, 5.74) is 11.4. The van der Waals surface area contributed by atoms with Crippen molar-refractivity contribution in [1.29, 1.82) is 0 Å². The number of hydrogen-bond donors (Lipinski definition) is 0. The molecule has 9 rings (SSSR count). The number of ether oxygens (including phenoxy) is 2. The maximum Gasteiger partial charge on any atom is 0.217 e. The first-order chi connectivity index (χ1) is 26.6. The Morgan fingerprint density at radius 3 is 2.09 bits per heavy atom. The van der Waals surface area contributed by atoms with Crippen molar-refractivity contribution in [2.45, 2.75) is 97.1 Å². The molecule has 0 saturated heterocycles. The Balaban J connectivity index is 1.14. The van der Waals surface area contributed by atoms with E-state index in [1.807, 2.05) is 36.7 Å². The van der Waals surface area contributed by atoms with Gasteiger partial charge >= 0.3 is 0 Å². The molecule has 0 saturated carbocycles. The van der Waals surface area contributed by atoms with Crippen LogP contribution in [0.3, 0.4) is 0 Å². The number of aromatic nitrogens is 3. The van der Waals surface area contributed by atoms with Crippen molar-refractivity contribution < 1.29 is 9.47 Å². The van der Waals surface area contributed by atoms with Gasteiger partial charge in [0.2, 0.25) is 5.90 Å².